The van der Waals surface area contributed by atoms with Crippen molar-refractivity contribution in [2.75, 3.05) is 0 Å². The predicted octanol–water partition coefficient (Wildman–Crippen LogP) is 4.26. The van der Waals surface area contributed by atoms with Gasteiger partial charge in [-0.2, -0.15) is 0 Å². The number of aryl methyl sites for hydroxylation is 1. The van der Waals surface area contributed by atoms with E-state index in [9.17, 15) is 0 Å². The fourth-order valence-electron chi connectivity index (χ4n) is 2.18. The molecule has 0 saturated heterocycles. The third kappa shape index (κ3) is 1.75. The van der Waals surface area contributed by atoms with Crippen molar-refractivity contribution in [3.8, 4) is 0 Å². The minimum atomic E-state index is 1.27. The van der Waals surface area contributed by atoms with E-state index in [0.29, 0.717) is 0 Å². The molecule has 0 heteroatoms. The van der Waals surface area contributed by atoms with Crippen LogP contribution in [-0.4, -0.2) is 0 Å². The van der Waals surface area contributed by atoms with Crippen LogP contribution in [0.5, 0.6) is 0 Å². The third-order valence-electron chi connectivity index (χ3n) is 3.24. The molecule has 0 radical (unpaired) electrons. The van der Waals surface area contributed by atoms with E-state index in [0.717, 1.165) is 0 Å². The second-order valence-corrected chi connectivity index (χ2v) is 4.22. The fraction of sp³-hybridized carbons (Fsp3) is 0.429. The summed E-state index contributed by atoms with van der Waals surface area (Å²) in [6.07, 6.45) is 7.69. The molecule has 0 bridgehead atoms. The van der Waals surface area contributed by atoms with E-state index >= 15 is 0 Å². The van der Waals surface area contributed by atoms with E-state index in [4.69, 9.17) is 0 Å². The molecule has 0 aliphatic heterocycles. The van der Waals surface area contributed by atoms with Crippen molar-refractivity contribution in [2.24, 2.45) is 0 Å². The lowest BCUT2D eigenvalue weighted by molar-refractivity contribution is 0.741. The molecular weight excluding hydrogens is 168 g/mol. The lowest BCUT2D eigenvalue weighted by Gasteiger charge is -2.16. The molecule has 0 nitrogen and oxygen atoms in total. The smallest absolute Gasteiger partial charge is 0.0196 e. The minimum Gasteiger partial charge on any atom is -0.0807 e. The summed E-state index contributed by atoms with van der Waals surface area (Å²) in [5.41, 5.74) is 5.91. The molecule has 74 valence electrons. The van der Waals surface area contributed by atoms with Gasteiger partial charge in [0.2, 0.25) is 0 Å². The highest BCUT2D eigenvalue weighted by molar-refractivity contribution is 5.69. The quantitative estimate of drug-likeness (QED) is 0.614. The van der Waals surface area contributed by atoms with Gasteiger partial charge in [0.05, 0.1) is 0 Å². The normalized spacial score (nSPS) is 16.6. The molecule has 0 heterocycles. The van der Waals surface area contributed by atoms with Crippen LogP contribution in [0, 0.1) is 13.8 Å². The van der Waals surface area contributed by atoms with Crippen molar-refractivity contribution in [1.82, 2.24) is 0 Å². The Labute approximate surface area is 86.7 Å². The molecule has 0 unspecified atom stereocenters. The molecule has 0 amide bonds. The zero-order chi connectivity index (χ0) is 9.97. The lowest BCUT2D eigenvalue weighted by atomic mass is 9.90. The maximum Gasteiger partial charge on any atom is -0.0196 e. The molecule has 0 fully saturated rings. The van der Waals surface area contributed by atoms with E-state index in [2.05, 4.69) is 38.1 Å². The van der Waals surface area contributed by atoms with Gasteiger partial charge in [0, 0.05) is 0 Å². The van der Waals surface area contributed by atoms with E-state index in [1.807, 2.05) is 0 Å². The van der Waals surface area contributed by atoms with Crippen molar-refractivity contribution in [3.05, 3.63) is 41.0 Å². The number of hydrogen-bond donors (Lipinski definition) is 0. The highest BCUT2D eigenvalue weighted by Gasteiger charge is 2.08. The van der Waals surface area contributed by atoms with Gasteiger partial charge in [-0.05, 0) is 61.8 Å². The van der Waals surface area contributed by atoms with Gasteiger partial charge in [0.15, 0.2) is 0 Å². The Hall–Kier alpha value is -1.04. The van der Waals surface area contributed by atoms with Gasteiger partial charge in [-0.15, -0.1) is 0 Å². The average Bonchev–Trinajstić information content (AvgIpc) is 2.23. The first-order chi connectivity index (χ1) is 6.79. The van der Waals surface area contributed by atoms with Crippen LogP contribution in [0.2, 0.25) is 0 Å². The monoisotopic (exact) mass is 186 g/mol. The molecule has 0 N–H and O–H groups in total. The summed E-state index contributed by atoms with van der Waals surface area (Å²) < 4.78 is 0. The van der Waals surface area contributed by atoms with Gasteiger partial charge in [0.1, 0.15) is 0 Å². The van der Waals surface area contributed by atoms with Gasteiger partial charge < -0.3 is 0 Å². The van der Waals surface area contributed by atoms with Gasteiger partial charge >= 0.3 is 0 Å². The minimum absolute atomic E-state index is 1.27. The van der Waals surface area contributed by atoms with Crippen molar-refractivity contribution < 1.29 is 0 Å². The van der Waals surface area contributed by atoms with Crippen molar-refractivity contribution >= 4 is 5.57 Å². The van der Waals surface area contributed by atoms with Crippen LogP contribution in [0.15, 0.2) is 24.3 Å². The Morgan fingerprint density at radius 2 is 1.93 bits per heavy atom. The number of hydrogen-bond acceptors (Lipinski definition) is 0. The first-order valence-corrected chi connectivity index (χ1v) is 5.54. The largest absolute Gasteiger partial charge is 0.0807 e. The summed E-state index contributed by atoms with van der Waals surface area (Å²) >= 11 is 0. The standard InChI is InChI=1S/C14H18/c1-11-7-6-10-14(12(11)2)13-8-4-3-5-9-13/h6-8,10H,3-5,9H2,1-2H3. The molecule has 0 saturated carbocycles. The summed E-state index contributed by atoms with van der Waals surface area (Å²) in [6.45, 7) is 4.43. The van der Waals surface area contributed by atoms with Crippen LogP contribution in [-0.2, 0) is 0 Å². The van der Waals surface area contributed by atoms with Crippen LogP contribution < -0.4 is 0 Å². The van der Waals surface area contributed by atoms with E-state index in [1.54, 1.807) is 5.57 Å². The van der Waals surface area contributed by atoms with E-state index in [-0.39, 0.29) is 0 Å². The molecule has 0 atom stereocenters. The van der Waals surface area contributed by atoms with E-state index < -0.39 is 0 Å². The second kappa shape index (κ2) is 4.00. The highest BCUT2D eigenvalue weighted by Crippen LogP contribution is 2.29. The average molecular weight is 186 g/mol. The zero-order valence-corrected chi connectivity index (χ0v) is 9.14. The van der Waals surface area contributed by atoms with Crippen LogP contribution in [0.25, 0.3) is 5.57 Å². The first kappa shape index (κ1) is 9.51. The van der Waals surface area contributed by atoms with Crippen LogP contribution in [0.1, 0.15) is 42.4 Å². The summed E-state index contributed by atoms with van der Waals surface area (Å²) in [4.78, 5) is 0. The topological polar surface area (TPSA) is 0 Å². The summed E-state index contributed by atoms with van der Waals surface area (Å²) in [5, 5.41) is 0. The number of rotatable bonds is 1. The Kier molecular flexibility index (Phi) is 2.72. The number of benzene rings is 1. The molecule has 1 aromatic rings. The molecular formula is C14H18. The van der Waals surface area contributed by atoms with Gasteiger partial charge in [0.25, 0.3) is 0 Å². The third-order valence-corrected chi connectivity index (χ3v) is 3.24. The van der Waals surface area contributed by atoms with E-state index in [1.165, 1.54) is 42.4 Å². The predicted molar refractivity (Wildman–Crippen MR) is 62.4 cm³/mol. The fourth-order valence-corrected chi connectivity index (χ4v) is 2.18. The van der Waals surface area contributed by atoms with Crippen molar-refractivity contribution in [1.29, 1.82) is 0 Å². The Morgan fingerprint density at radius 1 is 1.07 bits per heavy atom. The van der Waals surface area contributed by atoms with Gasteiger partial charge in [-0.1, -0.05) is 24.3 Å². The summed E-state index contributed by atoms with van der Waals surface area (Å²) in [7, 11) is 0. The first-order valence-electron chi connectivity index (χ1n) is 5.54. The Bertz CT molecular complexity index is 358. The maximum atomic E-state index is 2.42. The van der Waals surface area contributed by atoms with Crippen LogP contribution in [0.3, 0.4) is 0 Å². The van der Waals surface area contributed by atoms with Gasteiger partial charge in [-0.25, -0.2) is 0 Å². The van der Waals surface area contributed by atoms with Crippen molar-refractivity contribution in [3.63, 3.8) is 0 Å². The Morgan fingerprint density at radius 3 is 2.64 bits per heavy atom. The molecule has 0 aromatic heterocycles. The molecule has 1 aromatic carbocycles. The highest BCUT2D eigenvalue weighted by atomic mass is 14.1. The van der Waals surface area contributed by atoms with Crippen molar-refractivity contribution in [2.45, 2.75) is 39.5 Å². The maximum absolute atomic E-state index is 2.42. The van der Waals surface area contributed by atoms with Crippen LogP contribution >= 0.6 is 0 Å². The summed E-state index contributed by atoms with van der Waals surface area (Å²) in [6, 6.07) is 6.63. The molecule has 1 aliphatic carbocycles. The van der Waals surface area contributed by atoms with Gasteiger partial charge in [-0.3, -0.25) is 0 Å². The lowest BCUT2D eigenvalue weighted by Crippen LogP contribution is -1.95. The number of allylic oxidation sites excluding steroid dienone is 2. The molecule has 1 aliphatic rings. The molecule has 0 spiro atoms. The Balaban J connectivity index is 2.40. The molecule has 14 heavy (non-hydrogen) atoms. The zero-order valence-electron chi connectivity index (χ0n) is 9.14. The summed E-state index contributed by atoms with van der Waals surface area (Å²) in [5.74, 6) is 0. The van der Waals surface area contributed by atoms with Crippen LogP contribution in [0.4, 0.5) is 0 Å². The molecule has 2 rings (SSSR count). The second-order valence-electron chi connectivity index (χ2n) is 4.22. The SMILES string of the molecule is Cc1cccc(C2=CCCCC2)c1C.